The van der Waals surface area contributed by atoms with Crippen LogP contribution in [0.5, 0.6) is 0 Å². The number of likely N-dealkylation sites (tertiary alicyclic amines) is 1. The van der Waals surface area contributed by atoms with Gasteiger partial charge in [-0.05, 0) is 44.0 Å². The van der Waals surface area contributed by atoms with Crippen molar-refractivity contribution < 1.29 is 4.39 Å². The maximum absolute atomic E-state index is 13.5. The highest BCUT2D eigenvalue weighted by Gasteiger charge is 2.26. The molecule has 0 bridgehead atoms. The van der Waals surface area contributed by atoms with Crippen LogP contribution in [0.15, 0.2) is 36.7 Å². The summed E-state index contributed by atoms with van der Waals surface area (Å²) in [5, 5.41) is 4.48. The van der Waals surface area contributed by atoms with E-state index in [9.17, 15) is 4.39 Å². The van der Waals surface area contributed by atoms with E-state index in [1.54, 1.807) is 0 Å². The molecule has 4 rings (SSSR count). The molecule has 1 unspecified atom stereocenters. The number of nitrogens with zero attached hydrogens (tertiary/aromatic N) is 6. The normalized spacial score (nSPS) is 17.3. The molecule has 6 nitrogen and oxygen atoms in total. The minimum Gasteiger partial charge on any atom is -0.347 e. The third-order valence-corrected chi connectivity index (χ3v) is 5.76. The molecule has 1 atom stereocenters. The van der Waals surface area contributed by atoms with E-state index in [0.717, 1.165) is 55.0 Å². The van der Waals surface area contributed by atoms with Gasteiger partial charge < -0.3 is 4.90 Å². The first-order valence-electron chi connectivity index (χ1n) is 10.4. The summed E-state index contributed by atoms with van der Waals surface area (Å²) in [5.41, 5.74) is 5.35. The van der Waals surface area contributed by atoms with Crippen LogP contribution < -0.4 is 4.90 Å². The summed E-state index contributed by atoms with van der Waals surface area (Å²) in [6.45, 7) is 4.97. The Balaban J connectivity index is 1.64. The molecule has 1 aliphatic heterocycles. The second-order valence-corrected chi connectivity index (χ2v) is 8.36. The Morgan fingerprint density at radius 1 is 1.20 bits per heavy atom. The molecule has 1 fully saturated rings. The van der Waals surface area contributed by atoms with Crippen LogP contribution in [0.1, 0.15) is 35.7 Å². The molecule has 7 heteroatoms. The van der Waals surface area contributed by atoms with Crippen molar-refractivity contribution in [1.82, 2.24) is 24.6 Å². The summed E-state index contributed by atoms with van der Waals surface area (Å²) >= 11 is 0. The number of hydrogen-bond acceptors (Lipinski definition) is 5. The third kappa shape index (κ3) is 4.36. The summed E-state index contributed by atoms with van der Waals surface area (Å²) in [7, 11) is 5.87. The van der Waals surface area contributed by atoms with Crippen LogP contribution >= 0.6 is 0 Å². The van der Waals surface area contributed by atoms with Crippen molar-refractivity contribution in [2.45, 2.75) is 32.2 Å². The molecule has 1 saturated heterocycles. The maximum atomic E-state index is 13.5. The fourth-order valence-electron chi connectivity index (χ4n) is 4.23. The minimum atomic E-state index is -0.234. The Hall–Kier alpha value is -2.80. The summed E-state index contributed by atoms with van der Waals surface area (Å²) in [5.74, 6) is 0.774. The van der Waals surface area contributed by atoms with Gasteiger partial charge >= 0.3 is 0 Å². The van der Waals surface area contributed by atoms with Crippen molar-refractivity contribution in [2.24, 2.45) is 7.05 Å². The lowest BCUT2D eigenvalue weighted by molar-refractivity contribution is 0.198. The molecule has 0 N–H and O–H groups in total. The number of aryl methyl sites for hydroxylation is 2. The van der Waals surface area contributed by atoms with E-state index < -0.39 is 0 Å². The van der Waals surface area contributed by atoms with Crippen molar-refractivity contribution in [1.29, 1.82) is 0 Å². The first kappa shape index (κ1) is 20.5. The molecular formula is C23H29FN6. The average Bonchev–Trinajstić information content (AvgIpc) is 3.05. The molecule has 1 aliphatic rings. The number of aromatic nitrogens is 4. The van der Waals surface area contributed by atoms with E-state index in [2.05, 4.69) is 28.1 Å². The molecule has 0 aliphatic carbocycles. The summed E-state index contributed by atoms with van der Waals surface area (Å²) < 4.78 is 15.4. The zero-order valence-electron chi connectivity index (χ0n) is 18.1. The quantitative estimate of drug-likeness (QED) is 0.643. The third-order valence-electron chi connectivity index (χ3n) is 5.76. The zero-order chi connectivity index (χ0) is 21.3. The molecule has 0 amide bonds. The van der Waals surface area contributed by atoms with Crippen LogP contribution in [0.3, 0.4) is 0 Å². The van der Waals surface area contributed by atoms with Crippen molar-refractivity contribution >= 4 is 5.95 Å². The summed E-state index contributed by atoms with van der Waals surface area (Å²) in [6, 6.07) is 6.62. The van der Waals surface area contributed by atoms with E-state index >= 15 is 0 Å². The Morgan fingerprint density at radius 2 is 1.97 bits per heavy atom. The second-order valence-electron chi connectivity index (χ2n) is 8.36. The molecule has 2 aromatic heterocycles. The SMILES string of the molecule is Cc1nn(C)cc1CN1CCCC(c2nc(N(C)C)ncc2-c2ccc(F)cc2)C1. The second kappa shape index (κ2) is 8.52. The highest BCUT2D eigenvalue weighted by Crippen LogP contribution is 2.34. The molecule has 158 valence electrons. The van der Waals surface area contributed by atoms with Crippen molar-refractivity contribution in [2.75, 3.05) is 32.1 Å². The fraction of sp³-hybridized carbons (Fsp3) is 0.435. The maximum Gasteiger partial charge on any atom is 0.225 e. The van der Waals surface area contributed by atoms with Crippen molar-refractivity contribution in [3.05, 3.63) is 59.4 Å². The van der Waals surface area contributed by atoms with Gasteiger partial charge in [0, 0.05) is 63.7 Å². The van der Waals surface area contributed by atoms with Gasteiger partial charge in [0.1, 0.15) is 5.82 Å². The lowest BCUT2D eigenvalue weighted by Crippen LogP contribution is -2.34. The van der Waals surface area contributed by atoms with Gasteiger partial charge in [0.2, 0.25) is 5.95 Å². The minimum absolute atomic E-state index is 0.234. The number of benzene rings is 1. The number of anilines is 1. The van der Waals surface area contributed by atoms with E-state index in [1.807, 2.05) is 49.1 Å². The van der Waals surface area contributed by atoms with Gasteiger partial charge in [0.15, 0.2) is 0 Å². The lowest BCUT2D eigenvalue weighted by atomic mass is 9.89. The average molecular weight is 409 g/mol. The molecule has 3 aromatic rings. The summed E-state index contributed by atoms with van der Waals surface area (Å²) in [6.07, 6.45) is 6.20. The molecule has 0 spiro atoms. The molecule has 0 saturated carbocycles. The van der Waals surface area contributed by atoms with Gasteiger partial charge in [-0.2, -0.15) is 5.10 Å². The topological polar surface area (TPSA) is 50.1 Å². The van der Waals surface area contributed by atoms with Crippen LogP contribution in [0, 0.1) is 12.7 Å². The van der Waals surface area contributed by atoms with E-state index in [-0.39, 0.29) is 5.82 Å². The van der Waals surface area contributed by atoms with Gasteiger partial charge in [0.05, 0.1) is 11.4 Å². The molecule has 3 heterocycles. The van der Waals surface area contributed by atoms with Gasteiger partial charge in [0.25, 0.3) is 0 Å². The number of piperidine rings is 1. The van der Waals surface area contributed by atoms with Crippen LogP contribution in [-0.2, 0) is 13.6 Å². The van der Waals surface area contributed by atoms with Crippen molar-refractivity contribution in [3.8, 4) is 11.1 Å². The Bertz CT molecular complexity index is 1010. The molecule has 1 aromatic carbocycles. The van der Waals surface area contributed by atoms with Gasteiger partial charge in [-0.25, -0.2) is 14.4 Å². The lowest BCUT2D eigenvalue weighted by Gasteiger charge is -2.33. The monoisotopic (exact) mass is 408 g/mol. The van der Waals surface area contributed by atoms with E-state index in [0.29, 0.717) is 11.9 Å². The number of hydrogen-bond donors (Lipinski definition) is 0. The van der Waals surface area contributed by atoms with E-state index in [4.69, 9.17) is 4.98 Å². The Labute approximate surface area is 177 Å². The van der Waals surface area contributed by atoms with Gasteiger partial charge in [-0.15, -0.1) is 0 Å². The fourth-order valence-corrected chi connectivity index (χ4v) is 4.23. The predicted molar refractivity (Wildman–Crippen MR) is 117 cm³/mol. The largest absolute Gasteiger partial charge is 0.347 e. The zero-order valence-corrected chi connectivity index (χ0v) is 18.1. The number of rotatable bonds is 5. The Morgan fingerprint density at radius 3 is 2.63 bits per heavy atom. The van der Waals surface area contributed by atoms with Crippen LogP contribution in [0.4, 0.5) is 10.3 Å². The highest BCUT2D eigenvalue weighted by atomic mass is 19.1. The highest BCUT2D eigenvalue weighted by molar-refractivity contribution is 5.66. The van der Waals surface area contributed by atoms with Gasteiger partial charge in [-0.1, -0.05) is 12.1 Å². The molecule has 30 heavy (non-hydrogen) atoms. The van der Waals surface area contributed by atoms with Crippen LogP contribution in [0.2, 0.25) is 0 Å². The molecular weight excluding hydrogens is 379 g/mol. The number of halogens is 1. The van der Waals surface area contributed by atoms with Crippen LogP contribution in [0.25, 0.3) is 11.1 Å². The molecule has 0 radical (unpaired) electrons. The van der Waals surface area contributed by atoms with E-state index in [1.165, 1.54) is 17.7 Å². The van der Waals surface area contributed by atoms with Crippen LogP contribution in [-0.4, -0.2) is 51.8 Å². The van der Waals surface area contributed by atoms with Crippen molar-refractivity contribution in [3.63, 3.8) is 0 Å². The predicted octanol–water partition coefficient (Wildman–Crippen LogP) is 3.77. The first-order chi connectivity index (χ1) is 14.4. The smallest absolute Gasteiger partial charge is 0.225 e. The standard InChI is InChI=1S/C23H29FN6/c1-16-19(13-29(4)27-16)15-30-11-5-6-18(14-30)22-21(12-25-23(26-22)28(2)3)17-7-9-20(24)10-8-17/h7-10,12-13,18H,5-6,11,14-15H2,1-4H3. The summed E-state index contributed by atoms with van der Waals surface area (Å²) in [4.78, 5) is 13.9. The Kier molecular flexibility index (Phi) is 5.81. The first-order valence-corrected chi connectivity index (χ1v) is 10.4. The van der Waals surface area contributed by atoms with Gasteiger partial charge in [-0.3, -0.25) is 9.58 Å².